The molecule has 0 aliphatic carbocycles. The molecule has 0 fully saturated rings. The molecule has 0 bridgehead atoms. The molecule has 0 radical (unpaired) electrons. The Labute approximate surface area is 124 Å². The van der Waals surface area contributed by atoms with E-state index < -0.39 is 11.8 Å². The lowest BCUT2D eigenvalue weighted by Crippen LogP contribution is -2.08. The third kappa shape index (κ3) is 3.36. The van der Waals surface area contributed by atoms with E-state index in [4.69, 9.17) is 9.47 Å². The Morgan fingerprint density at radius 2 is 2.00 bits per heavy atom. The van der Waals surface area contributed by atoms with Crippen molar-refractivity contribution in [2.75, 3.05) is 7.11 Å². The molecule has 0 atom stereocenters. The van der Waals surface area contributed by atoms with Crippen LogP contribution in [0.1, 0.15) is 15.9 Å². The molecule has 0 N–H and O–H groups in total. The summed E-state index contributed by atoms with van der Waals surface area (Å²) in [5.41, 5.74) is 1.05. The van der Waals surface area contributed by atoms with E-state index in [-0.39, 0.29) is 12.4 Å². The van der Waals surface area contributed by atoms with E-state index in [1.165, 1.54) is 19.2 Å². The lowest BCUT2D eigenvalue weighted by molar-refractivity contribution is 0.0597. The quantitative estimate of drug-likeness (QED) is 0.791. The van der Waals surface area contributed by atoms with Crippen molar-refractivity contribution in [3.63, 3.8) is 0 Å². The molecule has 0 aliphatic rings. The minimum atomic E-state index is -0.463. The summed E-state index contributed by atoms with van der Waals surface area (Å²) in [6.07, 6.45) is 0. The van der Waals surface area contributed by atoms with Crippen LogP contribution in [0.25, 0.3) is 0 Å². The van der Waals surface area contributed by atoms with E-state index in [9.17, 15) is 9.18 Å². The van der Waals surface area contributed by atoms with Crippen molar-refractivity contribution < 1.29 is 18.7 Å². The standard InChI is InChI=1S/C15H12BrFO3/c1-19-15(18)12-5-3-2-4-10(12)9-20-14-7-6-11(16)8-13(14)17/h2-8H,9H2,1H3. The van der Waals surface area contributed by atoms with Gasteiger partial charge in [0.25, 0.3) is 0 Å². The first-order valence-corrected chi connectivity index (χ1v) is 6.65. The van der Waals surface area contributed by atoms with Crippen molar-refractivity contribution in [3.8, 4) is 5.75 Å². The molecule has 104 valence electrons. The van der Waals surface area contributed by atoms with E-state index >= 15 is 0 Å². The van der Waals surface area contributed by atoms with Gasteiger partial charge in [-0.05, 0) is 24.3 Å². The second-order valence-corrected chi connectivity index (χ2v) is 4.93. The fraction of sp³-hybridized carbons (Fsp3) is 0.133. The molecule has 2 aromatic rings. The summed E-state index contributed by atoms with van der Waals surface area (Å²) < 4.78 is 24.4. The smallest absolute Gasteiger partial charge is 0.338 e. The highest BCUT2D eigenvalue weighted by Crippen LogP contribution is 2.23. The van der Waals surface area contributed by atoms with Gasteiger partial charge in [0.15, 0.2) is 11.6 Å². The Kier molecular flexibility index (Phi) is 4.74. The fourth-order valence-corrected chi connectivity index (χ4v) is 2.04. The average Bonchev–Trinajstić information content (AvgIpc) is 2.46. The van der Waals surface area contributed by atoms with Crippen molar-refractivity contribution in [2.45, 2.75) is 6.61 Å². The number of ether oxygens (including phenoxy) is 2. The lowest BCUT2D eigenvalue weighted by Gasteiger charge is -2.10. The summed E-state index contributed by atoms with van der Waals surface area (Å²) in [6.45, 7) is 0.0871. The topological polar surface area (TPSA) is 35.5 Å². The SMILES string of the molecule is COC(=O)c1ccccc1COc1ccc(Br)cc1F. The molecule has 5 heteroatoms. The number of methoxy groups -OCH3 is 1. The molecular weight excluding hydrogens is 327 g/mol. The van der Waals surface area contributed by atoms with Crippen LogP contribution in [0.5, 0.6) is 5.75 Å². The van der Waals surface area contributed by atoms with Gasteiger partial charge in [0.05, 0.1) is 12.7 Å². The summed E-state index contributed by atoms with van der Waals surface area (Å²) in [7, 11) is 1.31. The van der Waals surface area contributed by atoms with Gasteiger partial charge in [-0.25, -0.2) is 9.18 Å². The molecule has 0 saturated carbocycles. The van der Waals surface area contributed by atoms with E-state index in [0.717, 1.165) is 0 Å². The first-order valence-electron chi connectivity index (χ1n) is 5.86. The largest absolute Gasteiger partial charge is 0.486 e. The number of hydrogen-bond donors (Lipinski definition) is 0. The van der Waals surface area contributed by atoms with E-state index in [1.54, 1.807) is 30.3 Å². The Hall–Kier alpha value is -1.88. The second kappa shape index (κ2) is 6.52. The number of hydrogen-bond acceptors (Lipinski definition) is 3. The van der Waals surface area contributed by atoms with Crippen LogP contribution in [-0.2, 0) is 11.3 Å². The zero-order chi connectivity index (χ0) is 14.5. The van der Waals surface area contributed by atoms with Crippen molar-refractivity contribution in [2.24, 2.45) is 0 Å². The van der Waals surface area contributed by atoms with Gasteiger partial charge >= 0.3 is 5.97 Å². The minimum Gasteiger partial charge on any atom is -0.486 e. The molecule has 3 nitrogen and oxygen atoms in total. The van der Waals surface area contributed by atoms with Gasteiger partial charge in [-0.15, -0.1) is 0 Å². The number of carbonyl (C=O) groups excluding carboxylic acids is 1. The average molecular weight is 339 g/mol. The molecule has 0 heterocycles. The fourth-order valence-electron chi connectivity index (χ4n) is 1.70. The Morgan fingerprint density at radius 3 is 2.70 bits per heavy atom. The molecule has 2 aromatic carbocycles. The summed E-state index contributed by atoms with van der Waals surface area (Å²) in [5, 5.41) is 0. The van der Waals surface area contributed by atoms with E-state index in [0.29, 0.717) is 15.6 Å². The molecule has 2 rings (SSSR count). The van der Waals surface area contributed by atoms with Crippen LogP contribution in [0.3, 0.4) is 0 Å². The maximum atomic E-state index is 13.6. The first kappa shape index (κ1) is 14.5. The molecule has 0 aromatic heterocycles. The molecule has 0 aliphatic heterocycles. The van der Waals surface area contributed by atoms with Gasteiger partial charge < -0.3 is 9.47 Å². The maximum Gasteiger partial charge on any atom is 0.338 e. The summed E-state index contributed by atoms with van der Waals surface area (Å²) in [6, 6.07) is 11.4. The zero-order valence-corrected chi connectivity index (χ0v) is 12.3. The van der Waals surface area contributed by atoms with Gasteiger partial charge in [-0.1, -0.05) is 34.1 Å². The van der Waals surface area contributed by atoms with Gasteiger partial charge in [-0.2, -0.15) is 0 Å². The number of esters is 1. The molecule has 0 spiro atoms. The third-order valence-corrected chi connectivity index (χ3v) is 3.19. The molecule has 0 saturated heterocycles. The molecule has 0 amide bonds. The monoisotopic (exact) mass is 338 g/mol. The molecule has 0 unspecified atom stereocenters. The van der Waals surface area contributed by atoms with Crippen molar-refractivity contribution >= 4 is 21.9 Å². The highest BCUT2D eigenvalue weighted by atomic mass is 79.9. The summed E-state index contributed by atoms with van der Waals surface area (Å²) >= 11 is 3.18. The lowest BCUT2D eigenvalue weighted by atomic mass is 10.1. The summed E-state index contributed by atoms with van der Waals surface area (Å²) in [5.74, 6) is -0.775. The highest BCUT2D eigenvalue weighted by Gasteiger charge is 2.12. The van der Waals surface area contributed by atoms with Crippen LogP contribution in [0.15, 0.2) is 46.9 Å². The van der Waals surface area contributed by atoms with Crippen LogP contribution >= 0.6 is 15.9 Å². The van der Waals surface area contributed by atoms with Crippen LogP contribution < -0.4 is 4.74 Å². The van der Waals surface area contributed by atoms with Crippen LogP contribution in [0.2, 0.25) is 0 Å². The molecular formula is C15H12BrFO3. The number of carbonyl (C=O) groups is 1. The van der Waals surface area contributed by atoms with Crippen LogP contribution in [0.4, 0.5) is 4.39 Å². The van der Waals surface area contributed by atoms with Crippen LogP contribution in [0, 0.1) is 5.82 Å². The minimum absolute atomic E-state index is 0.0871. The highest BCUT2D eigenvalue weighted by molar-refractivity contribution is 9.10. The number of halogens is 2. The predicted molar refractivity (Wildman–Crippen MR) is 76.2 cm³/mol. The predicted octanol–water partition coefficient (Wildman–Crippen LogP) is 3.95. The second-order valence-electron chi connectivity index (χ2n) is 4.01. The van der Waals surface area contributed by atoms with Crippen molar-refractivity contribution in [1.29, 1.82) is 0 Å². The third-order valence-electron chi connectivity index (χ3n) is 2.70. The van der Waals surface area contributed by atoms with E-state index in [1.807, 2.05) is 0 Å². The Morgan fingerprint density at radius 1 is 1.25 bits per heavy atom. The summed E-state index contributed by atoms with van der Waals surface area (Å²) in [4.78, 5) is 11.6. The molecule has 20 heavy (non-hydrogen) atoms. The van der Waals surface area contributed by atoms with Gasteiger partial charge in [0, 0.05) is 10.0 Å². The Bertz CT molecular complexity index is 628. The number of benzene rings is 2. The van der Waals surface area contributed by atoms with Gasteiger partial charge in [-0.3, -0.25) is 0 Å². The van der Waals surface area contributed by atoms with Gasteiger partial charge in [0.2, 0.25) is 0 Å². The normalized spacial score (nSPS) is 10.2. The zero-order valence-electron chi connectivity index (χ0n) is 10.7. The Balaban J connectivity index is 2.17. The van der Waals surface area contributed by atoms with Crippen LogP contribution in [-0.4, -0.2) is 13.1 Å². The first-order chi connectivity index (χ1) is 9.61. The van der Waals surface area contributed by atoms with Gasteiger partial charge in [0.1, 0.15) is 6.61 Å². The van der Waals surface area contributed by atoms with Crippen molar-refractivity contribution in [1.82, 2.24) is 0 Å². The number of rotatable bonds is 4. The maximum absolute atomic E-state index is 13.6. The van der Waals surface area contributed by atoms with E-state index in [2.05, 4.69) is 15.9 Å². The van der Waals surface area contributed by atoms with Crippen molar-refractivity contribution in [3.05, 3.63) is 63.9 Å².